The Morgan fingerprint density at radius 1 is 1.61 bits per heavy atom. The van der Waals surface area contributed by atoms with Crippen LogP contribution in [0, 0.1) is 0 Å². The number of carbonyl (C=O) groups is 2. The number of nitrogens with zero attached hydrogens (tertiary/aromatic N) is 1. The summed E-state index contributed by atoms with van der Waals surface area (Å²) in [5, 5.41) is 9.19. The number of carboxylic acid groups (broad SMARTS) is 1. The van der Waals surface area contributed by atoms with Gasteiger partial charge in [-0.15, -0.1) is 11.8 Å². The average Bonchev–Trinajstić information content (AvgIpc) is 2.62. The van der Waals surface area contributed by atoms with E-state index in [2.05, 4.69) is 5.48 Å². The van der Waals surface area contributed by atoms with Gasteiger partial charge in [0.15, 0.2) is 0 Å². The molecule has 0 unspecified atom stereocenters. The number of thioether (sulfide) groups is 1. The van der Waals surface area contributed by atoms with E-state index >= 15 is 0 Å². The number of hydrogen-bond acceptors (Lipinski definition) is 5. The molecule has 0 aromatic heterocycles. The van der Waals surface area contributed by atoms with E-state index in [4.69, 9.17) is 9.94 Å². The van der Waals surface area contributed by atoms with Gasteiger partial charge in [-0.25, -0.2) is 10.3 Å². The molecule has 0 aliphatic carbocycles. The van der Waals surface area contributed by atoms with Crippen molar-refractivity contribution >= 4 is 23.6 Å². The van der Waals surface area contributed by atoms with Gasteiger partial charge in [-0.05, 0) is 19.3 Å². The highest BCUT2D eigenvalue weighted by Crippen LogP contribution is 2.47. The summed E-state index contributed by atoms with van der Waals surface area (Å²) in [7, 11) is 1.56. The lowest BCUT2D eigenvalue weighted by Crippen LogP contribution is -2.48. The minimum absolute atomic E-state index is 0.0238. The van der Waals surface area contributed by atoms with E-state index in [9.17, 15) is 9.59 Å². The van der Waals surface area contributed by atoms with E-state index < -0.39 is 5.97 Å². The maximum atomic E-state index is 11.4. The topological polar surface area (TPSA) is 78.9 Å². The third-order valence-corrected chi connectivity index (χ3v) is 4.30. The summed E-state index contributed by atoms with van der Waals surface area (Å²) in [5.41, 5.74) is 2.94. The molecule has 0 aromatic carbocycles. The number of carbonyl (C=O) groups excluding carboxylic acids is 1. The summed E-state index contributed by atoms with van der Waals surface area (Å²) in [5.74, 6) is -1.08. The van der Waals surface area contributed by atoms with Gasteiger partial charge < -0.3 is 9.94 Å². The molecule has 0 spiro atoms. The zero-order chi connectivity index (χ0) is 13.1. The van der Waals surface area contributed by atoms with Crippen LogP contribution < -0.4 is 5.48 Å². The first-order valence-electron chi connectivity index (χ1n) is 5.86. The molecule has 0 radical (unpaired) electrons. The minimum atomic E-state index is -0.997. The molecular formula is C11H16N2O4S. The van der Waals surface area contributed by atoms with Crippen LogP contribution in [-0.2, 0) is 14.4 Å². The molecule has 2 aliphatic rings. The second-order valence-electron chi connectivity index (χ2n) is 4.17. The number of nitrogens with one attached hydrogen (secondary N) is 1. The maximum Gasteiger partial charge on any atom is 0.353 e. The maximum absolute atomic E-state index is 11.4. The highest BCUT2D eigenvalue weighted by molar-refractivity contribution is 8.04. The molecule has 100 valence electrons. The first-order chi connectivity index (χ1) is 8.65. The van der Waals surface area contributed by atoms with Gasteiger partial charge in [0.05, 0.1) is 18.9 Å². The van der Waals surface area contributed by atoms with E-state index in [1.807, 2.05) is 0 Å². The predicted octanol–water partition coefficient (Wildman–Crippen LogP) is 0.909. The summed E-state index contributed by atoms with van der Waals surface area (Å²) < 4.78 is 0. The fourth-order valence-corrected chi connectivity index (χ4v) is 3.53. The quantitative estimate of drug-likeness (QED) is 0.407. The van der Waals surface area contributed by atoms with Crippen molar-refractivity contribution in [2.24, 2.45) is 0 Å². The number of hydroxylamine groups is 1. The summed E-state index contributed by atoms with van der Waals surface area (Å²) in [4.78, 5) is 29.5. The van der Waals surface area contributed by atoms with Crippen molar-refractivity contribution in [2.75, 3.05) is 13.7 Å². The van der Waals surface area contributed by atoms with Gasteiger partial charge in [-0.3, -0.25) is 9.69 Å². The lowest BCUT2D eigenvalue weighted by Gasteiger charge is -2.33. The first-order valence-corrected chi connectivity index (χ1v) is 6.74. The molecule has 2 rings (SSSR count). The fourth-order valence-electron chi connectivity index (χ4n) is 2.09. The number of allylic oxidation sites excluding steroid dienone is 1. The van der Waals surface area contributed by atoms with Gasteiger partial charge in [-0.2, -0.15) is 0 Å². The SMILES string of the molecule is CONCCCCC1=C(C(=O)O)N2C(=O)C[C@H]2S1. The van der Waals surface area contributed by atoms with E-state index in [0.717, 1.165) is 24.3 Å². The Kier molecular flexibility index (Phi) is 4.26. The van der Waals surface area contributed by atoms with Crippen molar-refractivity contribution in [3.63, 3.8) is 0 Å². The van der Waals surface area contributed by atoms with E-state index in [1.165, 1.54) is 16.7 Å². The number of β-lactam (4-membered cyclic amide) rings is 1. The minimum Gasteiger partial charge on any atom is -0.477 e. The smallest absolute Gasteiger partial charge is 0.353 e. The van der Waals surface area contributed by atoms with Crippen LogP contribution in [0.4, 0.5) is 0 Å². The number of fused-ring (bicyclic) bond motifs is 1. The number of rotatable bonds is 7. The number of aliphatic carboxylic acids is 1. The number of hydrogen-bond donors (Lipinski definition) is 2. The molecule has 1 atom stereocenters. The number of carboxylic acids is 1. The van der Waals surface area contributed by atoms with Crippen LogP contribution in [0.1, 0.15) is 25.7 Å². The zero-order valence-corrected chi connectivity index (χ0v) is 11.0. The van der Waals surface area contributed by atoms with Crippen LogP contribution in [-0.4, -0.2) is 40.9 Å². The number of unbranched alkanes of at least 4 members (excludes halogenated alkanes) is 1. The van der Waals surface area contributed by atoms with Crippen molar-refractivity contribution in [2.45, 2.75) is 31.1 Å². The van der Waals surface area contributed by atoms with E-state index in [1.54, 1.807) is 7.11 Å². The molecule has 6 nitrogen and oxygen atoms in total. The Bertz CT molecular complexity index is 397. The fraction of sp³-hybridized carbons (Fsp3) is 0.636. The van der Waals surface area contributed by atoms with Crippen LogP contribution in [0.15, 0.2) is 10.6 Å². The van der Waals surface area contributed by atoms with E-state index in [0.29, 0.717) is 12.8 Å². The van der Waals surface area contributed by atoms with Crippen LogP contribution >= 0.6 is 11.8 Å². The number of amides is 1. The Morgan fingerprint density at radius 3 is 3.00 bits per heavy atom. The third-order valence-electron chi connectivity index (χ3n) is 2.97. The Labute approximate surface area is 109 Å². The molecule has 2 N–H and O–H groups in total. The van der Waals surface area contributed by atoms with Crippen molar-refractivity contribution in [1.82, 2.24) is 10.4 Å². The molecule has 0 bridgehead atoms. The second-order valence-corrected chi connectivity index (χ2v) is 5.45. The molecule has 1 fully saturated rings. The molecular weight excluding hydrogens is 256 g/mol. The van der Waals surface area contributed by atoms with Crippen molar-refractivity contribution < 1.29 is 19.5 Å². The summed E-state index contributed by atoms with van der Waals surface area (Å²) in [6.45, 7) is 0.739. The molecule has 18 heavy (non-hydrogen) atoms. The van der Waals surface area contributed by atoms with Crippen molar-refractivity contribution in [3.8, 4) is 0 Å². The van der Waals surface area contributed by atoms with Gasteiger partial charge in [0.2, 0.25) is 5.91 Å². The lowest BCUT2D eigenvalue weighted by molar-refractivity contribution is -0.145. The molecule has 1 saturated heterocycles. The van der Waals surface area contributed by atoms with Crippen LogP contribution in [0.2, 0.25) is 0 Å². The molecule has 2 aliphatic heterocycles. The summed E-state index contributed by atoms with van der Waals surface area (Å²) in [6, 6.07) is 0. The highest BCUT2D eigenvalue weighted by Gasteiger charge is 2.47. The normalized spacial score (nSPS) is 22.2. The van der Waals surface area contributed by atoms with Crippen LogP contribution in [0.25, 0.3) is 0 Å². The van der Waals surface area contributed by atoms with Gasteiger partial charge in [-0.1, -0.05) is 0 Å². The van der Waals surface area contributed by atoms with Crippen LogP contribution in [0.3, 0.4) is 0 Å². The highest BCUT2D eigenvalue weighted by atomic mass is 32.2. The third kappa shape index (κ3) is 2.52. The predicted molar refractivity (Wildman–Crippen MR) is 66.4 cm³/mol. The Hall–Kier alpha value is -1.05. The van der Waals surface area contributed by atoms with Gasteiger partial charge in [0, 0.05) is 11.4 Å². The summed E-state index contributed by atoms with van der Waals surface area (Å²) >= 11 is 1.52. The standard InChI is InChI=1S/C11H16N2O4S/c1-17-12-5-3-2-4-7-10(11(15)16)13-8(14)6-9(13)18-7/h9,12H,2-6H2,1H3,(H,15,16)/t9-/m1/s1. The second kappa shape index (κ2) is 5.73. The molecule has 0 saturated carbocycles. The monoisotopic (exact) mass is 272 g/mol. The molecule has 2 heterocycles. The Morgan fingerprint density at radius 2 is 2.39 bits per heavy atom. The summed E-state index contributed by atoms with van der Waals surface area (Å²) in [6.07, 6.45) is 2.95. The molecule has 1 amide bonds. The lowest BCUT2D eigenvalue weighted by atomic mass is 10.1. The van der Waals surface area contributed by atoms with Gasteiger partial charge >= 0.3 is 5.97 Å². The molecule has 0 aromatic rings. The van der Waals surface area contributed by atoms with Crippen molar-refractivity contribution in [3.05, 3.63) is 10.6 Å². The van der Waals surface area contributed by atoms with Gasteiger partial charge in [0.1, 0.15) is 5.70 Å². The van der Waals surface area contributed by atoms with Crippen LogP contribution in [0.5, 0.6) is 0 Å². The first kappa shape index (κ1) is 13.4. The average molecular weight is 272 g/mol. The van der Waals surface area contributed by atoms with Gasteiger partial charge in [0.25, 0.3) is 0 Å². The zero-order valence-electron chi connectivity index (χ0n) is 10.1. The van der Waals surface area contributed by atoms with Crippen molar-refractivity contribution in [1.29, 1.82) is 0 Å². The molecule has 7 heteroatoms. The Balaban J connectivity index is 1.90. The van der Waals surface area contributed by atoms with E-state index in [-0.39, 0.29) is 17.0 Å². The largest absolute Gasteiger partial charge is 0.477 e.